The Bertz CT molecular complexity index is 1440. The van der Waals surface area contributed by atoms with Gasteiger partial charge in [-0.2, -0.15) is 0 Å². The molecule has 37 heavy (non-hydrogen) atoms. The lowest BCUT2D eigenvalue weighted by Crippen LogP contribution is -2.43. The first kappa shape index (κ1) is 24.7. The molecule has 1 fully saturated rings. The van der Waals surface area contributed by atoms with Crippen molar-refractivity contribution in [3.05, 3.63) is 47.7 Å². The number of benzene rings is 1. The SMILES string of the molecule is CCn1c(-c2nonc2N)nc2c(C#CC(C)(C)O)nc(O[C@H](c3ccccc3)[C@@H]3CNCCO3)cc21. The Morgan fingerprint density at radius 3 is 2.73 bits per heavy atom. The fourth-order valence-electron chi connectivity index (χ4n) is 4.22. The average Bonchev–Trinajstić information content (AvgIpc) is 3.49. The van der Waals surface area contributed by atoms with E-state index >= 15 is 0 Å². The van der Waals surface area contributed by atoms with Gasteiger partial charge < -0.3 is 30.2 Å². The molecule has 4 N–H and O–H groups in total. The van der Waals surface area contributed by atoms with Crippen LogP contribution in [0.1, 0.15) is 38.1 Å². The van der Waals surface area contributed by atoms with Crippen molar-refractivity contribution in [1.82, 2.24) is 30.2 Å². The highest BCUT2D eigenvalue weighted by molar-refractivity contribution is 5.86. The molecule has 0 radical (unpaired) electrons. The van der Waals surface area contributed by atoms with Gasteiger partial charge in [0, 0.05) is 25.7 Å². The number of nitrogens with two attached hydrogens (primary N) is 1. The number of rotatable bonds is 6. The number of nitrogen functional groups attached to an aromatic ring is 1. The van der Waals surface area contributed by atoms with Crippen LogP contribution in [0.2, 0.25) is 0 Å². The highest BCUT2D eigenvalue weighted by atomic mass is 16.6. The highest BCUT2D eigenvalue weighted by Gasteiger charge is 2.29. The maximum atomic E-state index is 10.2. The highest BCUT2D eigenvalue weighted by Crippen LogP contribution is 2.32. The lowest BCUT2D eigenvalue weighted by Gasteiger charge is -2.31. The summed E-state index contributed by atoms with van der Waals surface area (Å²) in [6.07, 6.45) is -0.630. The summed E-state index contributed by atoms with van der Waals surface area (Å²) >= 11 is 0. The molecule has 0 saturated carbocycles. The van der Waals surface area contributed by atoms with Crippen molar-refractivity contribution in [3.8, 4) is 29.2 Å². The zero-order valence-electron chi connectivity index (χ0n) is 20.9. The van der Waals surface area contributed by atoms with Crippen LogP contribution >= 0.6 is 0 Å². The third-order valence-electron chi connectivity index (χ3n) is 5.91. The largest absolute Gasteiger partial charge is 0.467 e. The van der Waals surface area contributed by atoms with Crippen LogP contribution in [0.15, 0.2) is 41.0 Å². The number of aromatic nitrogens is 5. The summed E-state index contributed by atoms with van der Waals surface area (Å²) in [6.45, 7) is 7.76. The molecule has 0 spiro atoms. The Labute approximate surface area is 214 Å². The molecule has 0 aliphatic carbocycles. The fraction of sp³-hybridized carbons (Fsp3) is 0.385. The van der Waals surface area contributed by atoms with E-state index in [-0.39, 0.29) is 11.9 Å². The van der Waals surface area contributed by atoms with Gasteiger partial charge in [-0.1, -0.05) is 36.3 Å². The van der Waals surface area contributed by atoms with E-state index < -0.39 is 11.7 Å². The van der Waals surface area contributed by atoms with Gasteiger partial charge in [-0.25, -0.2) is 14.6 Å². The van der Waals surface area contributed by atoms with E-state index in [1.54, 1.807) is 13.8 Å². The molecule has 4 aromatic rings. The standard InChI is InChI=1S/C26H29N7O4/c1-4-33-18-14-20(36-23(16-8-6-5-7-9-16)19-15-28-12-13-35-19)29-17(10-11-26(2,3)34)21(18)30-25(33)22-24(27)32-37-31-22/h5-9,14,19,23,28,34H,4,12-13,15H2,1-3H3,(H2,27,32)/t19-,23+/m0/s1. The summed E-state index contributed by atoms with van der Waals surface area (Å²) in [4.78, 5) is 9.45. The normalized spacial score (nSPS) is 16.8. The van der Waals surface area contributed by atoms with Crippen LogP contribution in [-0.4, -0.2) is 61.4 Å². The Hall–Kier alpha value is -3.98. The number of aliphatic hydroxyl groups is 1. The molecular formula is C26H29N7O4. The predicted molar refractivity (Wildman–Crippen MR) is 137 cm³/mol. The van der Waals surface area contributed by atoms with Crippen LogP contribution in [0.3, 0.4) is 0 Å². The zero-order chi connectivity index (χ0) is 26.0. The van der Waals surface area contributed by atoms with E-state index in [1.807, 2.05) is 47.9 Å². The number of aryl methyl sites for hydroxylation is 1. The van der Waals surface area contributed by atoms with Gasteiger partial charge in [0.25, 0.3) is 0 Å². The van der Waals surface area contributed by atoms with Crippen molar-refractivity contribution in [2.45, 2.75) is 45.1 Å². The summed E-state index contributed by atoms with van der Waals surface area (Å²) < 4.78 is 19.3. The third-order valence-corrected chi connectivity index (χ3v) is 5.91. The number of morpholine rings is 1. The van der Waals surface area contributed by atoms with Gasteiger partial charge in [-0.05, 0) is 42.6 Å². The van der Waals surface area contributed by atoms with Crippen LogP contribution in [0.4, 0.5) is 5.82 Å². The summed E-state index contributed by atoms with van der Waals surface area (Å²) in [5.41, 5.74) is 7.64. The molecule has 2 atom stereocenters. The van der Waals surface area contributed by atoms with Crippen molar-refractivity contribution in [2.24, 2.45) is 0 Å². The maximum Gasteiger partial charge on any atom is 0.217 e. The minimum atomic E-state index is -1.23. The van der Waals surface area contributed by atoms with Gasteiger partial charge in [0.2, 0.25) is 5.88 Å². The van der Waals surface area contributed by atoms with Crippen molar-refractivity contribution in [2.75, 3.05) is 25.4 Å². The van der Waals surface area contributed by atoms with Gasteiger partial charge in [0.1, 0.15) is 22.9 Å². The first-order valence-corrected chi connectivity index (χ1v) is 12.1. The Kier molecular flexibility index (Phi) is 6.80. The first-order valence-electron chi connectivity index (χ1n) is 12.1. The lowest BCUT2D eigenvalue weighted by atomic mass is 10.0. The van der Waals surface area contributed by atoms with E-state index in [9.17, 15) is 5.11 Å². The number of fused-ring (bicyclic) bond motifs is 1. The Balaban J connectivity index is 1.66. The third kappa shape index (κ3) is 5.27. The molecule has 1 aliphatic heterocycles. The second-order valence-corrected chi connectivity index (χ2v) is 9.23. The van der Waals surface area contributed by atoms with Gasteiger partial charge in [0.15, 0.2) is 23.4 Å². The first-order chi connectivity index (χ1) is 17.8. The van der Waals surface area contributed by atoms with Gasteiger partial charge in [0.05, 0.1) is 12.1 Å². The number of hydrogen-bond donors (Lipinski definition) is 3. The summed E-state index contributed by atoms with van der Waals surface area (Å²) in [7, 11) is 0. The molecule has 11 heteroatoms. The molecule has 3 aromatic heterocycles. The van der Waals surface area contributed by atoms with E-state index in [0.29, 0.717) is 48.3 Å². The van der Waals surface area contributed by atoms with Gasteiger partial charge in [-0.3, -0.25) is 0 Å². The zero-order valence-corrected chi connectivity index (χ0v) is 20.9. The Morgan fingerprint density at radius 1 is 1.27 bits per heavy atom. The van der Waals surface area contributed by atoms with Crippen molar-refractivity contribution < 1.29 is 19.2 Å². The molecule has 1 aliphatic rings. The van der Waals surface area contributed by atoms with Crippen LogP contribution < -0.4 is 15.8 Å². The molecular weight excluding hydrogens is 474 g/mol. The minimum Gasteiger partial charge on any atom is -0.467 e. The fourth-order valence-corrected chi connectivity index (χ4v) is 4.22. The second-order valence-electron chi connectivity index (χ2n) is 9.23. The number of ether oxygens (including phenoxy) is 2. The summed E-state index contributed by atoms with van der Waals surface area (Å²) in [5, 5.41) is 21.2. The number of nitrogens with zero attached hydrogens (tertiary/aromatic N) is 5. The molecule has 5 rings (SSSR count). The molecule has 0 bridgehead atoms. The smallest absolute Gasteiger partial charge is 0.217 e. The van der Waals surface area contributed by atoms with E-state index in [1.165, 1.54) is 0 Å². The molecule has 192 valence electrons. The van der Waals surface area contributed by atoms with Gasteiger partial charge >= 0.3 is 0 Å². The van der Waals surface area contributed by atoms with E-state index in [0.717, 1.165) is 17.6 Å². The summed E-state index contributed by atoms with van der Waals surface area (Å²) in [5.74, 6) is 6.77. The van der Waals surface area contributed by atoms with Crippen LogP contribution in [0.5, 0.6) is 5.88 Å². The van der Waals surface area contributed by atoms with E-state index in [2.05, 4.69) is 27.5 Å². The lowest BCUT2D eigenvalue weighted by molar-refractivity contribution is -0.0445. The van der Waals surface area contributed by atoms with Crippen molar-refractivity contribution in [3.63, 3.8) is 0 Å². The van der Waals surface area contributed by atoms with Crippen LogP contribution in [0, 0.1) is 11.8 Å². The van der Waals surface area contributed by atoms with Crippen molar-refractivity contribution >= 4 is 16.9 Å². The number of pyridine rings is 1. The topological polar surface area (TPSA) is 146 Å². The minimum absolute atomic E-state index is 0.129. The second kappa shape index (κ2) is 10.2. The molecule has 0 amide bonds. The molecule has 4 heterocycles. The number of hydrogen-bond acceptors (Lipinski definition) is 10. The molecule has 1 saturated heterocycles. The van der Waals surface area contributed by atoms with Crippen LogP contribution in [0.25, 0.3) is 22.6 Å². The molecule has 11 nitrogen and oxygen atoms in total. The average molecular weight is 504 g/mol. The number of anilines is 1. The molecule has 1 aromatic carbocycles. The van der Waals surface area contributed by atoms with E-state index in [4.69, 9.17) is 29.8 Å². The number of nitrogens with one attached hydrogen (secondary N) is 1. The molecule has 0 unspecified atom stereocenters. The number of imidazole rings is 1. The Morgan fingerprint density at radius 2 is 2.08 bits per heavy atom. The van der Waals surface area contributed by atoms with Crippen LogP contribution in [-0.2, 0) is 11.3 Å². The maximum absolute atomic E-state index is 10.2. The predicted octanol–water partition coefficient (Wildman–Crippen LogP) is 2.31. The van der Waals surface area contributed by atoms with Crippen molar-refractivity contribution in [1.29, 1.82) is 0 Å². The summed E-state index contributed by atoms with van der Waals surface area (Å²) in [6, 6.07) is 11.7. The monoisotopic (exact) mass is 503 g/mol. The van der Waals surface area contributed by atoms with Gasteiger partial charge in [-0.15, -0.1) is 0 Å². The quantitative estimate of drug-likeness (QED) is 0.335.